The Kier molecular flexibility index (Phi) is 8.51. The van der Waals surface area contributed by atoms with Crippen LogP contribution in [-0.2, 0) is 7.05 Å². The fourth-order valence-electron chi connectivity index (χ4n) is 3.32. The standard InChI is InChI=1S/C19H19FN4O.C8H11N/c1-3-10-22-19-23-17(14-8-11-21-12-9-14)16(18(25)24(19)2)13-4-6-15(20)7-5-13;1-9(2)8-6-4-3-5-7-8/h4-9,11-12H,3,10H2,1-2H3,(H,22,23);3-7H,1-2H3. The van der Waals surface area contributed by atoms with Crippen LogP contribution in [-0.4, -0.2) is 35.2 Å². The lowest BCUT2D eigenvalue weighted by Crippen LogP contribution is -2.25. The first kappa shape index (κ1) is 24.6. The van der Waals surface area contributed by atoms with Gasteiger partial charge in [0.15, 0.2) is 0 Å². The average molecular weight is 460 g/mol. The van der Waals surface area contributed by atoms with Gasteiger partial charge in [-0.1, -0.05) is 37.3 Å². The summed E-state index contributed by atoms with van der Waals surface area (Å²) in [6, 6.07) is 19.7. The van der Waals surface area contributed by atoms with Crippen LogP contribution in [0, 0.1) is 5.82 Å². The number of nitrogens with zero attached hydrogens (tertiary/aromatic N) is 4. The molecular weight excluding hydrogens is 429 g/mol. The van der Waals surface area contributed by atoms with E-state index in [4.69, 9.17) is 0 Å². The van der Waals surface area contributed by atoms with E-state index in [-0.39, 0.29) is 11.4 Å². The molecule has 34 heavy (non-hydrogen) atoms. The van der Waals surface area contributed by atoms with E-state index in [0.717, 1.165) is 12.0 Å². The number of benzene rings is 2. The molecule has 0 saturated heterocycles. The molecule has 0 amide bonds. The number of pyridine rings is 1. The van der Waals surface area contributed by atoms with E-state index in [1.807, 2.05) is 39.2 Å². The molecule has 4 aromatic rings. The maximum absolute atomic E-state index is 13.3. The van der Waals surface area contributed by atoms with Crippen LogP contribution >= 0.6 is 0 Å². The van der Waals surface area contributed by atoms with Crippen LogP contribution < -0.4 is 15.8 Å². The van der Waals surface area contributed by atoms with Gasteiger partial charge >= 0.3 is 0 Å². The molecule has 2 heterocycles. The number of halogens is 1. The zero-order valence-electron chi connectivity index (χ0n) is 20.0. The minimum atomic E-state index is -0.347. The molecule has 2 aromatic heterocycles. The summed E-state index contributed by atoms with van der Waals surface area (Å²) < 4.78 is 14.8. The molecule has 0 spiro atoms. The second-order valence-electron chi connectivity index (χ2n) is 7.92. The first-order valence-corrected chi connectivity index (χ1v) is 11.2. The Bertz CT molecular complexity index is 1240. The minimum Gasteiger partial charge on any atom is -0.378 e. The minimum absolute atomic E-state index is 0.188. The van der Waals surface area contributed by atoms with Gasteiger partial charge in [0.2, 0.25) is 5.95 Å². The molecule has 2 aromatic carbocycles. The molecule has 0 atom stereocenters. The smallest absolute Gasteiger partial charge is 0.263 e. The Labute approximate surface area is 199 Å². The summed E-state index contributed by atoms with van der Waals surface area (Å²) in [6.07, 6.45) is 4.23. The third-order valence-electron chi connectivity index (χ3n) is 5.18. The second kappa shape index (κ2) is 11.7. The molecule has 6 nitrogen and oxygen atoms in total. The van der Waals surface area contributed by atoms with Crippen LogP contribution in [0.1, 0.15) is 13.3 Å². The zero-order valence-corrected chi connectivity index (χ0v) is 20.0. The third kappa shape index (κ3) is 6.07. The summed E-state index contributed by atoms with van der Waals surface area (Å²) >= 11 is 0. The number of anilines is 2. The van der Waals surface area contributed by atoms with Crippen molar-refractivity contribution in [3.63, 3.8) is 0 Å². The van der Waals surface area contributed by atoms with Gasteiger partial charge in [0, 0.05) is 51.3 Å². The molecule has 0 aliphatic rings. The van der Waals surface area contributed by atoms with Crippen LogP contribution in [0.2, 0.25) is 0 Å². The van der Waals surface area contributed by atoms with Crippen molar-refractivity contribution in [3.8, 4) is 22.4 Å². The lowest BCUT2D eigenvalue weighted by atomic mass is 10.0. The normalized spacial score (nSPS) is 10.3. The van der Waals surface area contributed by atoms with Crippen molar-refractivity contribution < 1.29 is 4.39 Å². The molecule has 0 fully saturated rings. The Balaban J connectivity index is 0.000000302. The van der Waals surface area contributed by atoms with Crippen molar-refractivity contribution in [1.82, 2.24) is 14.5 Å². The highest BCUT2D eigenvalue weighted by Crippen LogP contribution is 2.28. The van der Waals surface area contributed by atoms with Gasteiger partial charge in [0.1, 0.15) is 5.82 Å². The number of hydrogen-bond donors (Lipinski definition) is 1. The Hall–Kier alpha value is -4.00. The van der Waals surface area contributed by atoms with Gasteiger partial charge in [-0.25, -0.2) is 9.37 Å². The Morgan fingerprint density at radius 2 is 1.59 bits per heavy atom. The summed E-state index contributed by atoms with van der Waals surface area (Å²) in [6.45, 7) is 2.76. The average Bonchev–Trinajstić information content (AvgIpc) is 2.87. The quantitative estimate of drug-likeness (QED) is 0.428. The maximum Gasteiger partial charge on any atom is 0.263 e. The Morgan fingerprint density at radius 1 is 0.941 bits per heavy atom. The maximum atomic E-state index is 13.3. The molecular formula is C27H30FN5O. The fourth-order valence-corrected chi connectivity index (χ4v) is 3.32. The molecule has 4 rings (SSSR count). The van der Waals surface area contributed by atoms with E-state index in [1.165, 1.54) is 22.4 Å². The third-order valence-corrected chi connectivity index (χ3v) is 5.18. The number of nitrogens with one attached hydrogen (secondary N) is 1. The summed E-state index contributed by atoms with van der Waals surface area (Å²) in [4.78, 5) is 23.8. The molecule has 0 aliphatic carbocycles. The number of para-hydroxylation sites is 1. The van der Waals surface area contributed by atoms with E-state index in [0.29, 0.717) is 29.3 Å². The van der Waals surface area contributed by atoms with Crippen molar-refractivity contribution in [2.45, 2.75) is 13.3 Å². The molecule has 7 heteroatoms. The molecule has 0 saturated carbocycles. The Morgan fingerprint density at radius 3 is 2.15 bits per heavy atom. The van der Waals surface area contributed by atoms with E-state index in [9.17, 15) is 9.18 Å². The van der Waals surface area contributed by atoms with Crippen LogP contribution in [0.3, 0.4) is 0 Å². The SMILES string of the molecule is CCCNc1nc(-c2ccncc2)c(-c2ccc(F)cc2)c(=O)n1C.CN(C)c1ccccc1. The van der Waals surface area contributed by atoms with Crippen molar-refractivity contribution in [2.24, 2.45) is 7.05 Å². The number of rotatable bonds is 6. The van der Waals surface area contributed by atoms with Gasteiger partial charge in [0.25, 0.3) is 5.56 Å². The van der Waals surface area contributed by atoms with E-state index in [2.05, 4.69) is 32.3 Å². The second-order valence-corrected chi connectivity index (χ2v) is 7.92. The van der Waals surface area contributed by atoms with Crippen molar-refractivity contribution in [2.75, 3.05) is 30.9 Å². The summed E-state index contributed by atoms with van der Waals surface area (Å²) in [5.41, 5.74) is 3.46. The molecule has 1 N–H and O–H groups in total. The van der Waals surface area contributed by atoms with Gasteiger partial charge in [0.05, 0.1) is 11.3 Å². The summed E-state index contributed by atoms with van der Waals surface area (Å²) in [7, 11) is 5.75. The van der Waals surface area contributed by atoms with Crippen molar-refractivity contribution in [3.05, 3.63) is 95.3 Å². The zero-order chi connectivity index (χ0) is 24.5. The van der Waals surface area contributed by atoms with E-state index in [1.54, 1.807) is 43.7 Å². The lowest BCUT2D eigenvalue weighted by molar-refractivity contribution is 0.628. The topological polar surface area (TPSA) is 63.1 Å². The highest BCUT2D eigenvalue weighted by molar-refractivity contribution is 5.80. The van der Waals surface area contributed by atoms with Crippen LogP contribution in [0.15, 0.2) is 83.9 Å². The largest absolute Gasteiger partial charge is 0.378 e. The van der Waals surface area contributed by atoms with Crippen molar-refractivity contribution in [1.29, 1.82) is 0 Å². The molecule has 0 radical (unpaired) electrons. The monoisotopic (exact) mass is 459 g/mol. The molecule has 0 unspecified atom stereocenters. The molecule has 176 valence electrons. The number of aromatic nitrogens is 3. The fraction of sp³-hybridized carbons (Fsp3) is 0.222. The lowest BCUT2D eigenvalue weighted by Gasteiger charge is -2.15. The van der Waals surface area contributed by atoms with Gasteiger partial charge < -0.3 is 10.2 Å². The van der Waals surface area contributed by atoms with Crippen LogP contribution in [0.4, 0.5) is 16.0 Å². The predicted molar refractivity (Wildman–Crippen MR) is 138 cm³/mol. The van der Waals surface area contributed by atoms with Gasteiger partial charge in [-0.3, -0.25) is 14.3 Å². The highest BCUT2D eigenvalue weighted by Gasteiger charge is 2.18. The van der Waals surface area contributed by atoms with Crippen LogP contribution in [0.25, 0.3) is 22.4 Å². The van der Waals surface area contributed by atoms with Gasteiger partial charge in [-0.15, -0.1) is 0 Å². The summed E-state index contributed by atoms with van der Waals surface area (Å²) in [5, 5.41) is 3.18. The first-order valence-electron chi connectivity index (χ1n) is 11.2. The van der Waals surface area contributed by atoms with E-state index >= 15 is 0 Å². The van der Waals surface area contributed by atoms with Crippen LogP contribution in [0.5, 0.6) is 0 Å². The highest BCUT2D eigenvalue weighted by atomic mass is 19.1. The van der Waals surface area contributed by atoms with E-state index < -0.39 is 0 Å². The molecule has 0 bridgehead atoms. The van der Waals surface area contributed by atoms with Gasteiger partial charge in [-0.05, 0) is 48.4 Å². The number of hydrogen-bond acceptors (Lipinski definition) is 5. The first-order chi connectivity index (χ1) is 16.4. The summed E-state index contributed by atoms with van der Waals surface area (Å²) in [5.74, 6) is 0.157. The van der Waals surface area contributed by atoms with Crippen molar-refractivity contribution >= 4 is 11.6 Å². The van der Waals surface area contributed by atoms with Gasteiger partial charge in [-0.2, -0.15) is 0 Å². The predicted octanol–water partition coefficient (Wildman–Crippen LogP) is 5.22. The molecule has 0 aliphatic heterocycles.